The van der Waals surface area contributed by atoms with Crippen LogP contribution in [0.3, 0.4) is 0 Å². The minimum absolute atomic E-state index is 0.412. The van der Waals surface area contributed by atoms with Crippen molar-refractivity contribution in [2.45, 2.75) is 58.8 Å². The largest absolute Gasteiger partial charge is 0.342 e. The van der Waals surface area contributed by atoms with Crippen LogP contribution in [0.15, 0.2) is 0 Å². The maximum Gasteiger partial charge on any atom is 0.222 e. The van der Waals surface area contributed by atoms with Crippen molar-refractivity contribution in [3.8, 4) is 0 Å². The summed E-state index contributed by atoms with van der Waals surface area (Å²) >= 11 is 0. The third kappa shape index (κ3) is 5.68. The van der Waals surface area contributed by atoms with Crippen molar-refractivity contribution in [1.29, 1.82) is 0 Å². The van der Waals surface area contributed by atoms with E-state index < -0.39 is 0 Å². The van der Waals surface area contributed by atoms with Crippen LogP contribution in [-0.2, 0) is 4.79 Å². The predicted octanol–water partition coefficient (Wildman–Crippen LogP) is 2.98. The number of carbonyl (C=O) groups excluding carboxylic acids is 1. The highest BCUT2D eigenvalue weighted by Gasteiger charge is 2.29. The van der Waals surface area contributed by atoms with E-state index in [0.29, 0.717) is 23.7 Å². The molecule has 0 bridgehead atoms. The van der Waals surface area contributed by atoms with Crippen molar-refractivity contribution in [3.05, 3.63) is 0 Å². The molecule has 3 rings (SSSR count). The highest BCUT2D eigenvalue weighted by molar-refractivity contribution is 5.76. The first-order valence-electron chi connectivity index (χ1n) is 10.8. The molecule has 1 N–H and O–H groups in total. The molecule has 1 amide bonds. The summed E-state index contributed by atoms with van der Waals surface area (Å²) in [5, 5.41) is 3.49. The summed E-state index contributed by atoms with van der Waals surface area (Å²) in [5.74, 6) is 3.21. The average Bonchev–Trinajstić information content (AvgIpc) is 2.64. The van der Waals surface area contributed by atoms with Crippen molar-refractivity contribution in [3.63, 3.8) is 0 Å². The normalized spacial score (nSPS) is 31.0. The van der Waals surface area contributed by atoms with E-state index >= 15 is 0 Å². The number of rotatable bonds is 5. The predicted molar refractivity (Wildman–Crippen MR) is 104 cm³/mol. The number of hydrogen-bond donors (Lipinski definition) is 1. The summed E-state index contributed by atoms with van der Waals surface area (Å²) in [7, 11) is 0. The van der Waals surface area contributed by atoms with Gasteiger partial charge in [-0.25, -0.2) is 0 Å². The molecule has 0 aliphatic carbocycles. The first kappa shape index (κ1) is 19.2. The molecule has 25 heavy (non-hydrogen) atoms. The third-order valence-corrected chi connectivity index (χ3v) is 6.90. The van der Waals surface area contributed by atoms with Gasteiger partial charge in [0.25, 0.3) is 0 Å². The standard InChI is InChI=1S/C21H39N3O/c1-17-7-11-23(12-8-17)15-19-5-4-10-24(16-19)21(25)13-18(2)20-6-3-9-22-14-20/h17-20,22H,3-16H2,1-2H3. The molecule has 4 heteroatoms. The second-order valence-corrected chi connectivity index (χ2v) is 9.12. The molecule has 3 atom stereocenters. The Balaban J connectivity index is 1.43. The Labute approximate surface area is 154 Å². The van der Waals surface area contributed by atoms with E-state index in [9.17, 15) is 4.79 Å². The summed E-state index contributed by atoms with van der Waals surface area (Å²) in [5.41, 5.74) is 0. The Hall–Kier alpha value is -0.610. The molecule has 4 nitrogen and oxygen atoms in total. The molecular weight excluding hydrogens is 310 g/mol. The van der Waals surface area contributed by atoms with E-state index in [1.165, 1.54) is 58.2 Å². The van der Waals surface area contributed by atoms with Gasteiger partial charge in [0, 0.05) is 26.1 Å². The lowest BCUT2D eigenvalue weighted by Gasteiger charge is -2.38. The van der Waals surface area contributed by atoms with Crippen molar-refractivity contribution in [2.24, 2.45) is 23.7 Å². The summed E-state index contributed by atoms with van der Waals surface area (Å²) in [6.45, 7) is 12.6. The van der Waals surface area contributed by atoms with Crippen LogP contribution < -0.4 is 5.32 Å². The van der Waals surface area contributed by atoms with Crippen LogP contribution in [0.2, 0.25) is 0 Å². The first-order valence-corrected chi connectivity index (χ1v) is 10.8. The van der Waals surface area contributed by atoms with Gasteiger partial charge in [0.1, 0.15) is 0 Å². The minimum Gasteiger partial charge on any atom is -0.342 e. The Morgan fingerprint density at radius 1 is 1.12 bits per heavy atom. The second kappa shape index (κ2) is 9.36. The van der Waals surface area contributed by atoms with Gasteiger partial charge in [-0.1, -0.05) is 13.8 Å². The minimum atomic E-state index is 0.412. The number of amides is 1. The smallest absolute Gasteiger partial charge is 0.222 e. The number of hydrogen-bond acceptors (Lipinski definition) is 3. The van der Waals surface area contributed by atoms with Gasteiger partial charge in [-0.3, -0.25) is 4.79 Å². The molecule has 3 unspecified atom stereocenters. The molecule has 0 radical (unpaired) electrons. The van der Waals surface area contributed by atoms with Crippen LogP contribution in [0.5, 0.6) is 0 Å². The third-order valence-electron chi connectivity index (χ3n) is 6.90. The van der Waals surface area contributed by atoms with Crippen LogP contribution in [0.25, 0.3) is 0 Å². The van der Waals surface area contributed by atoms with Crippen LogP contribution in [0.4, 0.5) is 0 Å². The monoisotopic (exact) mass is 349 g/mol. The molecule has 0 aromatic heterocycles. The van der Waals surface area contributed by atoms with E-state index in [2.05, 4.69) is 29.0 Å². The zero-order valence-electron chi connectivity index (χ0n) is 16.5. The second-order valence-electron chi connectivity index (χ2n) is 9.12. The SMILES string of the molecule is CC1CCN(CC2CCCN(C(=O)CC(C)C3CCCNC3)C2)CC1. The van der Waals surface area contributed by atoms with Gasteiger partial charge >= 0.3 is 0 Å². The van der Waals surface area contributed by atoms with E-state index in [-0.39, 0.29) is 0 Å². The maximum absolute atomic E-state index is 12.8. The fourth-order valence-electron chi connectivity index (χ4n) is 4.99. The van der Waals surface area contributed by atoms with Gasteiger partial charge < -0.3 is 15.1 Å². The molecule has 144 valence electrons. The van der Waals surface area contributed by atoms with E-state index in [4.69, 9.17) is 0 Å². The van der Waals surface area contributed by atoms with Crippen molar-refractivity contribution < 1.29 is 4.79 Å². The number of likely N-dealkylation sites (tertiary alicyclic amines) is 2. The zero-order chi connectivity index (χ0) is 17.6. The summed E-state index contributed by atoms with van der Waals surface area (Å²) in [4.78, 5) is 17.7. The van der Waals surface area contributed by atoms with Crippen molar-refractivity contribution in [1.82, 2.24) is 15.1 Å². The van der Waals surface area contributed by atoms with Crippen LogP contribution >= 0.6 is 0 Å². The quantitative estimate of drug-likeness (QED) is 0.829. The summed E-state index contributed by atoms with van der Waals surface area (Å²) < 4.78 is 0. The van der Waals surface area contributed by atoms with Crippen molar-refractivity contribution in [2.75, 3.05) is 45.8 Å². The van der Waals surface area contributed by atoms with E-state index in [0.717, 1.165) is 38.5 Å². The molecule has 0 aromatic rings. The Kier molecular flexibility index (Phi) is 7.18. The molecular formula is C21H39N3O. The molecule has 0 aromatic carbocycles. The summed E-state index contributed by atoms with van der Waals surface area (Å²) in [6, 6.07) is 0. The molecule has 3 heterocycles. The lowest BCUT2D eigenvalue weighted by Crippen LogP contribution is -2.46. The molecule has 3 saturated heterocycles. The lowest BCUT2D eigenvalue weighted by molar-refractivity contribution is -0.134. The van der Waals surface area contributed by atoms with Crippen LogP contribution in [-0.4, -0.2) is 61.5 Å². The Bertz CT molecular complexity index is 413. The Morgan fingerprint density at radius 2 is 1.92 bits per heavy atom. The highest BCUT2D eigenvalue weighted by Crippen LogP contribution is 2.26. The lowest BCUT2D eigenvalue weighted by atomic mass is 9.85. The molecule has 3 aliphatic rings. The van der Waals surface area contributed by atoms with Crippen LogP contribution in [0.1, 0.15) is 58.8 Å². The molecule has 3 fully saturated rings. The van der Waals surface area contributed by atoms with Gasteiger partial charge in [-0.2, -0.15) is 0 Å². The first-order chi connectivity index (χ1) is 12.1. The number of nitrogens with one attached hydrogen (secondary N) is 1. The van der Waals surface area contributed by atoms with Crippen LogP contribution in [0, 0.1) is 23.7 Å². The number of piperidine rings is 3. The van der Waals surface area contributed by atoms with Crippen molar-refractivity contribution >= 4 is 5.91 Å². The topological polar surface area (TPSA) is 35.6 Å². The molecule has 0 spiro atoms. The van der Waals surface area contributed by atoms with Gasteiger partial charge in [-0.15, -0.1) is 0 Å². The highest BCUT2D eigenvalue weighted by atomic mass is 16.2. The van der Waals surface area contributed by atoms with Gasteiger partial charge in [-0.05, 0) is 88.4 Å². The van der Waals surface area contributed by atoms with E-state index in [1.54, 1.807) is 0 Å². The number of carbonyl (C=O) groups is 1. The van der Waals surface area contributed by atoms with E-state index in [1.807, 2.05) is 0 Å². The fourth-order valence-corrected chi connectivity index (χ4v) is 4.99. The molecule has 0 saturated carbocycles. The molecule has 3 aliphatic heterocycles. The average molecular weight is 350 g/mol. The maximum atomic E-state index is 12.8. The number of nitrogens with zero attached hydrogens (tertiary/aromatic N) is 2. The van der Waals surface area contributed by atoms with Gasteiger partial charge in [0.2, 0.25) is 5.91 Å². The fraction of sp³-hybridized carbons (Fsp3) is 0.952. The van der Waals surface area contributed by atoms with Gasteiger partial charge in [0.05, 0.1) is 0 Å². The summed E-state index contributed by atoms with van der Waals surface area (Å²) in [6.07, 6.45) is 8.50. The van der Waals surface area contributed by atoms with Gasteiger partial charge in [0.15, 0.2) is 0 Å². The Morgan fingerprint density at radius 3 is 2.64 bits per heavy atom. The zero-order valence-corrected chi connectivity index (χ0v) is 16.5.